The van der Waals surface area contributed by atoms with Gasteiger partial charge in [0.1, 0.15) is 11.3 Å². The van der Waals surface area contributed by atoms with E-state index in [0.29, 0.717) is 38.2 Å². The van der Waals surface area contributed by atoms with E-state index in [-0.39, 0.29) is 34.8 Å². The number of hydrogen-bond donors (Lipinski definition) is 2. The Bertz CT molecular complexity index is 959. The number of phenolic OH excluding ortho intramolecular Hbond substituents is 1. The fourth-order valence-corrected chi connectivity index (χ4v) is 6.00. The number of aromatic hydroxyl groups is 1. The molecule has 0 spiro atoms. The fourth-order valence-electron chi connectivity index (χ4n) is 6.00. The van der Waals surface area contributed by atoms with Crippen molar-refractivity contribution < 1.29 is 19.4 Å². The van der Waals surface area contributed by atoms with Crippen LogP contribution in [-0.4, -0.2) is 52.7 Å². The smallest absolute Gasteiger partial charge is 0.245 e. The molecule has 2 amide bonds. The Morgan fingerprint density at radius 1 is 0.949 bits per heavy atom. The lowest BCUT2D eigenvalue weighted by atomic mass is 9.78. The van der Waals surface area contributed by atoms with Gasteiger partial charge >= 0.3 is 0 Å². The highest BCUT2D eigenvalue weighted by atomic mass is 16.5. The van der Waals surface area contributed by atoms with Crippen LogP contribution >= 0.6 is 0 Å². The summed E-state index contributed by atoms with van der Waals surface area (Å²) in [5, 5.41) is 14.4. The Balaban J connectivity index is 1.86. The lowest BCUT2D eigenvalue weighted by Crippen LogP contribution is -2.61. The van der Waals surface area contributed by atoms with Crippen molar-refractivity contribution >= 4 is 11.8 Å². The lowest BCUT2D eigenvalue weighted by molar-refractivity contribution is -0.149. The van der Waals surface area contributed by atoms with E-state index in [2.05, 4.69) is 59.0 Å². The minimum atomic E-state index is -0.928. The van der Waals surface area contributed by atoms with Crippen LogP contribution in [0.5, 0.6) is 5.75 Å². The largest absolute Gasteiger partial charge is 0.507 e. The van der Waals surface area contributed by atoms with Gasteiger partial charge in [0.15, 0.2) is 0 Å². The minimum Gasteiger partial charge on any atom is -0.507 e. The molecule has 2 N–H and O–H groups in total. The van der Waals surface area contributed by atoms with Crippen LogP contribution in [0, 0.1) is 0 Å². The van der Waals surface area contributed by atoms with Crippen molar-refractivity contribution in [2.45, 2.75) is 148 Å². The molecule has 0 aromatic heterocycles. The number of benzene rings is 1. The maximum Gasteiger partial charge on any atom is 0.245 e. The number of carbonyl (C=O) groups is 2. The molecular formula is C33H54N2O4. The van der Waals surface area contributed by atoms with Crippen LogP contribution in [0.2, 0.25) is 0 Å². The van der Waals surface area contributed by atoms with Gasteiger partial charge in [0.25, 0.3) is 0 Å². The molecule has 2 fully saturated rings. The van der Waals surface area contributed by atoms with Crippen LogP contribution in [0.1, 0.15) is 130 Å². The van der Waals surface area contributed by atoms with Crippen LogP contribution in [0.3, 0.4) is 0 Å². The molecule has 0 radical (unpaired) electrons. The summed E-state index contributed by atoms with van der Waals surface area (Å²) in [6.45, 7) is 17.7. The first kappa shape index (κ1) is 31.4. The monoisotopic (exact) mass is 542 g/mol. The van der Waals surface area contributed by atoms with Crippen molar-refractivity contribution in [3.8, 4) is 5.75 Å². The van der Waals surface area contributed by atoms with Gasteiger partial charge in [0, 0.05) is 25.6 Å². The Hall–Kier alpha value is -2.08. The molecule has 6 heteroatoms. The summed E-state index contributed by atoms with van der Waals surface area (Å²) >= 11 is 0. The lowest BCUT2D eigenvalue weighted by Gasteiger charge is -2.42. The van der Waals surface area contributed by atoms with Gasteiger partial charge in [-0.1, -0.05) is 79.9 Å². The molecule has 2 unspecified atom stereocenters. The van der Waals surface area contributed by atoms with E-state index in [1.807, 2.05) is 18.7 Å². The third kappa shape index (κ3) is 7.77. The van der Waals surface area contributed by atoms with E-state index in [9.17, 15) is 14.7 Å². The van der Waals surface area contributed by atoms with Gasteiger partial charge in [-0.05, 0) is 73.0 Å². The second-order valence-corrected chi connectivity index (χ2v) is 14.1. The summed E-state index contributed by atoms with van der Waals surface area (Å²) in [4.78, 5) is 29.5. The van der Waals surface area contributed by atoms with Gasteiger partial charge in [-0.3, -0.25) is 9.59 Å². The van der Waals surface area contributed by atoms with E-state index in [0.717, 1.165) is 55.2 Å². The summed E-state index contributed by atoms with van der Waals surface area (Å²) < 4.78 is 5.93. The number of nitrogens with zero attached hydrogens (tertiary/aromatic N) is 1. The SMILES string of the molecule is CCC(C)(C(=O)NC1CCCCC1)N(CC1CCCO1)C(=O)CCc1cc(C(C)(C)C)c(O)c(C(C)(C)C)c1. The van der Waals surface area contributed by atoms with Crippen LogP contribution in [-0.2, 0) is 31.6 Å². The molecule has 1 aromatic rings. The van der Waals surface area contributed by atoms with E-state index in [4.69, 9.17) is 4.74 Å². The van der Waals surface area contributed by atoms with Crippen LogP contribution < -0.4 is 5.32 Å². The maximum absolute atomic E-state index is 14.0. The molecule has 39 heavy (non-hydrogen) atoms. The van der Waals surface area contributed by atoms with Crippen molar-refractivity contribution in [3.05, 3.63) is 28.8 Å². The topological polar surface area (TPSA) is 78.9 Å². The molecule has 6 nitrogen and oxygen atoms in total. The predicted molar refractivity (Wildman–Crippen MR) is 158 cm³/mol. The minimum absolute atomic E-state index is 0.0173. The molecular weight excluding hydrogens is 488 g/mol. The third-order valence-corrected chi connectivity index (χ3v) is 8.84. The van der Waals surface area contributed by atoms with Crippen molar-refractivity contribution in [3.63, 3.8) is 0 Å². The highest BCUT2D eigenvalue weighted by Gasteiger charge is 2.42. The highest BCUT2D eigenvalue weighted by Crippen LogP contribution is 2.40. The molecule has 220 valence electrons. The van der Waals surface area contributed by atoms with E-state index >= 15 is 0 Å². The van der Waals surface area contributed by atoms with Crippen molar-refractivity contribution in [1.29, 1.82) is 0 Å². The van der Waals surface area contributed by atoms with Gasteiger partial charge in [-0.2, -0.15) is 0 Å². The molecule has 1 aliphatic heterocycles. The number of phenols is 1. The number of amides is 2. The van der Waals surface area contributed by atoms with Crippen molar-refractivity contribution in [1.82, 2.24) is 10.2 Å². The quantitative estimate of drug-likeness (QED) is 0.371. The molecule has 2 atom stereocenters. The second-order valence-electron chi connectivity index (χ2n) is 14.1. The first-order valence-electron chi connectivity index (χ1n) is 15.3. The number of ether oxygens (including phenoxy) is 1. The zero-order valence-electron chi connectivity index (χ0n) is 25.9. The van der Waals surface area contributed by atoms with Crippen LogP contribution in [0.15, 0.2) is 12.1 Å². The number of aryl methyl sites for hydroxylation is 1. The summed E-state index contributed by atoms with van der Waals surface area (Å²) in [5.74, 6) is 0.289. The van der Waals surface area contributed by atoms with Gasteiger partial charge in [-0.15, -0.1) is 0 Å². The summed E-state index contributed by atoms with van der Waals surface area (Å²) in [6.07, 6.45) is 8.81. The van der Waals surface area contributed by atoms with E-state index < -0.39 is 5.54 Å². The molecule has 1 aromatic carbocycles. The molecule has 0 bridgehead atoms. The predicted octanol–water partition coefficient (Wildman–Crippen LogP) is 6.55. The number of carbonyl (C=O) groups excluding carboxylic acids is 2. The Morgan fingerprint density at radius 2 is 1.54 bits per heavy atom. The third-order valence-electron chi connectivity index (χ3n) is 8.84. The van der Waals surface area contributed by atoms with Gasteiger partial charge in [0.05, 0.1) is 6.10 Å². The average Bonchev–Trinajstić information content (AvgIpc) is 3.38. The normalized spacial score (nSPS) is 20.5. The van der Waals surface area contributed by atoms with Gasteiger partial charge < -0.3 is 20.1 Å². The summed E-state index contributed by atoms with van der Waals surface area (Å²) in [7, 11) is 0. The average molecular weight is 543 g/mol. The van der Waals surface area contributed by atoms with Crippen LogP contribution in [0.4, 0.5) is 0 Å². The van der Waals surface area contributed by atoms with Crippen LogP contribution in [0.25, 0.3) is 0 Å². The second kappa shape index (κ2) is 12.6. The van der Waals surface area contributed by atoms with Gasteiger partial charge in [0.2, 0.25) is 11.8 Å². The van der Waals surface area contributed by atoms with Crippen molar-refractivity contribution in [2.75, 3.05) is 13.2 Å². The molecule has 1 heterocycles. The van der Waals surface area contributed by atoms with E-state index in [1.54, 1.807) is 0 Å². The zero-order chi connectivity index (χ0) is 29.0. The summed E-state index contributed by atoms with van der Waals surface area (Å²) in [5.41, 5.74) is 1.46. The van der Waals surface area contributed by atoms with Crippen molar-refractivity contribution in [2.24, 2.45) is 0 Å². The standard InChI is InChI=1S/C33H54N2O4/c1-9-33(8,30(38)34-24-14-11-10-12-15-24)35(22-25-16-13-19-39-25)28(36)18-17-23-20-26(31(2,3)4)29(37)27(21-23)32(5,6)7/h20-21,24-25,37H,9-19,22H2,1-8H3,(H,34,38). The molecule has 3 rings (SSSR count). The Morgan fingerprint density at radius 3 is 2.03 bits per heavy atom. The first-order valence-corrected chi connectivity index (χ1v) is 15.3. The molecule has 1 saturated heterocycles. The molecule has 1 aliphatic carbocycles. The molecule has 1 saturated carbocycles. The highest BCUT2D eigenvalue weighted by molar-refractivity contribution is 5.91. The van der Waals surface area contributed by atoms with E-state index in [1.165, 1.54) is 6.42 Å². The molecule has 2 aliphatic rings. The number of hydrogen-bond acceptors (Lipinski definition) is 4. The fraction of sp³-hybridized carbons (Fsp3) is 0.758. The Kier molecular flexibility index (Phi) is 10.2. The van der Waals surface area contributed by atoms with Gasteiger partial charge in [-0.25, -0.2) is 0 Å². The zero-order valence-corrected chi connectivity index (χ0v) is 25.9. The maximum atomic E-state index is 14.0. The summed E-state index contributed by atoms with van der Waals surface area (Å²) in [6, 6.07) is 4.30. The first-order chi connectivity index (χ1) is 18.2. The Labute approximate surface area is 237 Å². The number of rotatable bonds is 9. The number of nitrogens with one attached hydrogen (secondary N) is 1.